The van der Waals surface area contributed by atoms with Crippen LogP contribution in [-0.2, 0) is 19.6 Å². The third-order valence-corrected chi connectivity index (χ3v) is 4.72. The number of hydrogen-bond donors (Lipinski definition) is 0. The smallest absolute Gasteiger partial charge is 0.422 e. The van der Waals surface area contributed by atoms with Gasteiger partial charge < -0.3 is 9.64 Å². The molecule has 0 bridgehead atoms. The summed E-state index contributed by atoms with van der Waals surface area (Å²) in [5.41, 5.74) is 3.23. The number of aryl methyl sites for hydroxylation is 1. The second kappa shape index (κ2) is 7.77. The van der Waals surface area contributed by atoms with Gasteiger partial charge in [-0.3, -0.25) is 9.48 Å². The van der Waals surface area contributed by atoms with E-state index in [0.29, 0.717) is 12.2 Å². The summed E-state index contributed by atoms with van der Waals surface area (Å²) < 4.78 is 43.9. The van der Waals surface area contributed by atoms with Crippen molar-refractivity contribution >= 4 is 5.91 Å². The topological polar surface area (TPSA) is 73.1 Å². The van der Waals surface area contributed by atoms with Crippen LogP contribution in [-0.4, -0.2) is 43.3 Å². The van der Waals surface area contributed by atoms with E-state index in [0.717, 1.165) is 29.6 Å². The lowest BCUT2D eigenvalue weighted by molar-refractivity contribution is -0.154. The van der Waals surface area contributed by atoms with E-state index in [1.54, 1.807) is 6.20 Å². The number of hydrogen-bond acceptors (Lipinski definition) is 5. The molecule has 0 aliphatic carbocycles. The van der Waals surface area contributed by atoms with Gasteiger partial charge in [-0.05, 0) is 18.1 Å². The molecular weight excluding hydrogens is 399 g/mol. The predicted molar refractivity (Wildman–Crippen MR) is 100 cm³/mol. The van der Waals surface area contributed by atoms with Crippen molar-refractivity contribution in [1.29, 1.82) is 0 Å². The molecule has 1 aliphatic rings. The number of carbonyl (C=O) groups excluding carboxylic acids is 1. The van der Waals surface area contributed by atoms with Crippen LogP contribution in [0.1, 0.15) is 28.5 Å². The average molecular weight is 417 g/mol. The number of rotatable bonds is 6. The zero-order chi connectivity index (χ0) is 21.3. The van der Waals surface area contributed by atoms with Gasteiger partial charge in [0.1, 0.15) is 11.9 Å². The molecule has 3 heterocycles. The summed E-state index contributed by atoms with van der Waals surface area (Å²) in [6.07, 6.45) is 0.332. The van der Waals surface area contributed by atoms with Gasteiger partial charge in [-0.15, -0.1) is 0 Å². The van der Waals surface area contributed by atoms with Crippen molar-refractivity contribution in [3.8, 4) is 17.0 Å². The molecule has 7 nitrogen and oxygen atoms in total. The Balaban J connectivity index is 1.47. The molecule has 0 radical (unpaired) electrons. The Kier molecular flexibility index (Phi) is 5.15. The molecule has 3 aromatic rings. The molecule has 0 saturated carbocycles. The van der Waals surface area contributed by atoms with Crippen molar-refractivity contribution in [2.45, 2.75) is 32.7 Å². The quantitative estimate of drug-likeness (QED) is 0.614. The van der Waals surface area contributed by atoms with E-state index < -0.39 is 18.7 Å². The zero-order valence-corrected chi connectivity index (χ0v) is 16.1. The summed E-state index contributed by atoms with van der Waals surface area (Å²) in [7, 11) is 0. The van der Waals surface area contributed by atoms with Gasteiger partial charge in [0.05, 0.1) is 18.4 Å². The highest BCUT2D eigenvalue weighted by Crippen LogP contribution is 2.30. The van der Waals surface area contributed by atoms with Crippen molar-refractivity contribution < 1.29 is 22.7 Å². The predicted octanol–water partition coefficient (Wildman–Crippen LogP) is 3.46. The highest BCUT2D eigenvalue weighted by molar-refractivity contribution is 5.99. The number of alkyl halides is 3. The molecule has 1 aliphatic heterocycles. The monoisotopic (exact) mass is 417 g/mol. The SMILES string of the molecule is CCn1cc(-c2ccc(CN3Cc4ncnc(OCC(F)(F)F)c4C3=O)cc2)cn1. The standard InChI is InChI=1S/C20H18F3N5O2/c1-2-28-9-15(7-26-28)14-5-3-13(4-6-14)8-27-10-16-17(19(27)29)18(25-12-24-16)30-11-20(21,22)23/h3-7,9,12H,2,8,10-11H2,1H3. The van der Waals surface area contributed by atoms with Gasteiger partial charge in [0.25, 0.3) is 5.91 Å². The summed E-state index contributed by atoms with van der Waals surface area (Å²) in [5.74, 6) is -0.788. The molecule has 4 rings (SSSR count). The highest BCUT2D eigenvalue weighted by atomic mass is 19.4. The second-order valence-corrected chi connectivity index (χ2v) is 6.85. The number of fused-ring (bicyclic) bond motifs is 1. The third-order valence-electron chi connectivity index (χ3n) is 4.72. The molecular formula is C20H18F3N5O2. The Morgan fingerprint density at radius 1 is 1.13 bits per heavy atom. The van der Waals surface area contributed by atoms with E-state index in [4.69, 9.17) is 4.74 Å². The molecule has 10 heteroatoms. The first-order chi connectivity index (χ1) is 14.3. The molecule has 0 fully saturated rings. The van der Waals surface area contributed by atoms with Gasteiger partial charge in [0.15, 0.2) is 6.61 Å². The molecule has 0 atom stereocenters. The van der Waals surface area contributed by atoms with Crippen LogP contribution in [0.25, 0.3) is 11.1 Å². The Morgan fingerprint density at radius 2 is 1.90 bits per heavy atom. The summed E-state index contributed by atoms with van der Waals surface area (Å²) in [4.78, 5) is 22.0. The molecule has 30 heavy (non-hydrogen) atoms. The van der Waals surface area contributed by atoms with Gasteiger partial charge in [0.2, 0.25) is 5.88 Å². The van der Waals surface area contributed by atoms with Crippen LogP contribution < -0.4 is 4.74 Å². The van der Waals surface area contributed by atoms with Crippen LogP contribution in [0.4, 0.5) is 13.2 Å². The fourth-order valence-electron chi connectivity index (χ4n) is 3.24. The van der Waals surface area contributed by atoms with E-state index in [2.05, 4.69) is 15.1 Å². The van der Waals surface area contributed by atoms with Gasteiger partial charge in [0, 0.05) is 24.8 Å². The van der Waals surface area contributed by atoms with Crippen LogP contribution in [0.3, 0.4) is 0 Å². The van der Waals surface area contributed by atoms with Crippen LogP contribution >= 0.6 is 0 Å². The van der Waals surface area contributed by atoms with Crippen molar-refractivity contribution in [2.24, 2.45) is 0 Å². The lowest BCUT2D eigenvalue weighted by Crippen LogP contribution is -2.24. The first-order valence-electron chi connectivity index (χ1n) is 9.28. The fraction of sp³-hybridized carbons (Fsp3) is 0.300. The summed E-state index contributed by atoms with van der Waals surface area (Å²) in [6, 6.07) is 7.69. The summed E-state index contributed by atoms with van der Waals surface area (Å²) in [6.45, 7) is 1.76. The third kappa shape index (κ3) is 4.12. The lowest BCUT2D eigenvalue weighted by Gasteiger charge is -2.16. The first kappa shape index (κ1) is 19.9. The van der Waals surface area contributed by atoms with Crippen LogP contribution in [0.2, 0.25) is 0 Å². The van der Waals surface area contributed by atoms with E-state index >= 15 is 0 Å². The maximum Gasteiger partial charge on any atom is 0.422 e. The van der Waals surface area contributed by atoms with Gasteiger partial charge in [-0.1, -0.05) is 24.3 Å². The minimum Gasteiger partial charge on any atom is -0.467 e. The number of nitrogens with zero attached hydrogens (tertiary/aromatic N) is 5. The maximum absolute atomic E-state index is 12.7. The maximum atomic E-state index is 12.7. The molecule has 0 spiro atoms. The number of carbonyl (C=O) groups is 1. The molecule has 1 amide bonds. The molecule has 0 unspecified atom stereocenters. The number of ether oxygens (including phenoxy) is 1. The van der Waals surface area contributed by atoms with Crippen LogP contribution in [0, 0.1) is 0 Å². The lowest BCUT2D eigenvalue weighted by atomic mass is 10.1. The van der Waals surface area contributed by atoms with E-state index in [1.807, 2.05) is 42.1 Å². The van der Waals surface area contributed by atoms with Crippen molar-refractivity contribution in [3.05, 3.63) is 59.8 Å². The average Bonchev–Trinajstić information content (AvgIpc) is 3.32. The fourth-order valence-corrected chi connectivity index (χ4v) is 3.24. The van der Waals surface area contributed by atoms with Gasteiger partial charge in [-0.2, -0.15) is 18.3 Å². The molecule has 2 aromatic heterocycles. The van der Waals surface area contributed by atoms with Crippen LogP contribution in [0.15, 0.2) is 43.0 Å². The Labute approximate surface area is 170 Å². The number of benzene rings is 1. The van der Waals surface area contributed by atoms with E-state index in [1.165, 1.54) is 4.90 Å². The first-order valence-corrected chi connectivity index (χ1v) is 9.28. The molecule has 0 saturated heterocycles. The highest BCUT2D eigenvalue weighted by Gasteiger charge is 2.35. The van der Waals surface area contributed by atoms with E-state index in [9.17, 15) is 18.0 Å². The minimum atomic E-state index is -4.52. The van der Waals surface area contributed by atoms with Crippen molar-refractivity contribution in [3.63, 3.8) is 0 Å². The summed E-state index contributed by atoms with van der Waals surface area (Å²) >= 11 is 0. The molecule has 0 N–H and O–H groups in total. The normalized spacial score (nSPS) is 13.6. The Hall–Kier alpha value is -3.43. The Morgan fingerprint density at radius 3 is 2.57 bits per heavy atom. The van der Waals surface area contributed by atoms with Crippen molar-refractivity contribution in [2.75, 3.05) is 6.61 Å². The largest absolute Gasteiger partial charge is 0.467 e. The van der Waals surface area contributed by atoms with E-state index in [-0.39, 0.29) is 18.0 Å². The molecule has 156 valence electrons. The zero-order valence-electron chi connectivity index (χ0n) is 16.1. The van der Waals surface area contributed by atoms with Gasteiger partial charge >= 0.3 is 6.18 Å². The molecule has 1 aromatic carbocycles. The second-order valence-electron chi connectivity index (χ2n) is 6.85. The number of halogens is 3. The number of aromatic nitrogens is 4. The minimum absolute atomic E-state index is 0.00894. The number of amides is 1. The van der Waals surface area contributed by atoms with Crippen LogP contribution in [0.5, 0.6) is 5.88 Å². The Bertz CT molecular complexity index is 1060. The van der Waals surface area contributed by atoms with Gasteiger partial charge in [-0.25, -0.2) is 9.97 Å². The summed E-state index contributed by atoms with van der Waals surface area (Å²) in [5, 5.41) is 4.26. The van der Waals surface area contributed by atoms with Crippen molar-refractivity contribution in [1.82, 2.24) is 24.6 Å².